The van der Waals surface area contributed by atoms with Crippen molar-refractivity contribution in [1.82, 2.24) is 10.4 Å². The normalized spacial score (nSPS) is 32.8. The molecule has 0 aromatic rings. The minimum Gasteiger partial charge on any atom is -0.310 e. The first kappa shape index (κ1) is 14.3. The number of hydroxylamine groups is 2. The van der Waals surface area contributed by atoms with Crippen LogP contribution >= 0.6 is 0 Å². The quantitative estimate of drug-likeness (QED) is 0.764. The smallest absolute Gasteiger partial charge is 0.0575 e. The third kappa shape index (κ3) is 3.94. The zero-order chi connectivity index (χ0) is 13.0. The Labute approximate surface area is 112 Å². The Balaban J connectivity index is 1.79. The van der Waals surface area contributed by atoms with Crippen molar-refractivity contribution in [2.45, 2.75) is 64.5 Å². The van der Waals surface area contributed by atoms with Crippen molar-refractivity contribution in [2.24, 2.45) is 11.8 Å². The molecule has 0 bridgehead atoms. The van der Waals surface area contributed by atoms with Gasteiger partial charge in [-0.1, -0.05) is 26.7 Å². The average Bonchev–Trinajstić information content (AvgIpc) is 2.37. The molecular weight excluding hydrogens is 224 g/mol. The molecule has 3 heteroatoms. The van der Waals surface area contributed by atoms with Crippen molar-refractivity contribution in [3.8, 4) is 0 Å². The second-order valence-corrected chi connectivity index (χ2v) is 6.52. The van der Waals surface area contributed by atoms with E-state index in [0.717, 1.165) is 25.0 Å². The molecule has 1 saturated carbocycles. The van der Waals surface area contributed by atoms with Crippen LogP contribution in [-0.2, 0) is 4.84 Å². The lowest BCUT2D eigenvalue weighted by molar-refractivity contribution is -0.144. The molecule has 0 spiro atoms. The summed E-state index contributed by atoms with van der Waals surface area (Å²) in [5.74, 6) is 1.62. The standard InChI is InChI=1S/C15H30N2O/c1-12(2)10-17(18-3)11-14-9-8-13-6-4-5-7-15(13)16-14/h12-16H,4-11H2,1-3H3. The summed E-state index contributed by atoms with van der Waals surface area (Å²) >= 11 is 0. The topological polar surface area (TPSA) is 24.5 Å². The monoisotopic (exact) mass is 254 g/mol. The molecule has 106 valence electrons. The molecular formula is C15H30N2O. The van der Waals surface area contributed by atoms with E-state index in [1.807, 2.05) is 0 Å². The van der Waals surface area contributed by atoms with Crippen molar-refractivity contribution < 1.29 is 4.84 Å². The lowest BCUT2D eigenvalue weighted by Crippen LogP contribution is -2.53. The van der Waals surface area contributed by atoms with Crippen LogP contribution < -0.4 is 5.32 Å². The molecule has 1 aliphatic carbocycles. The van der Waals surface area contributed by atoms with E-state index in [-0.39, 0.29) is 0 Å². The van der Waals surface area contributed by atoms with Gasteiger partial charge in [-0.15, -0.1) is 0 Å². The van der Waals surface area contributed by atoms with Crippen LogP contribution in [0.4, 0.5) is 0 Å². The third-order valence-corrected chi connectivity index (χ3v) is 4.50. The summed E-state index contributed by atoms with van der Waals surface area (Å²) in [6.45, 7) is 6.57. The van der Waals surface area contributed by atoms with Gasteiger partial charge in [0.05, 0.1) is 7.11 Å². The molecule has 1 saturated heterocycles. The van der Waals surface area contributed by atoms with E-state index in [2.05, 4.69) is 24.2 Å². The highest BCUT2D eigenvalue weighted by molar-refractivity contribution is 4.89. The minimum atomic E-state index is 0.628. The van der Waals surface area contributed by atoms with Gasteiger partial charge in [0.2, 0.25) is 0 Å². The summed E-state index contributed by atoms with van der Waals surface area (Å²) in [5, 5.41) is 6.00. The predicted molar refractivity (Wildman–Crippen MR) is 75.3 cm³/mol. The summed E-state index contributed by atoms with van der Waals surface area (Å²) in [5.41, 5.74) is 0. The Morgan fingerprint density at radius 2 is 1.94 bits per heavy atom. The first-order valence-corrected chi connectivity index (χ1v) is 7.74. The van der Waals surface area contributed by atoms with E-state index in [1.54, 1.807) is 7.11 Å². The van der Waals surface area contributed by atoms with E-state index in [9.17, 15) is 0 Å². The molecule has 2 aliphatic rings. The fourth-order valence-electron chi connectivity index (χ4n) is 3.59. The highest BCUT2D eigenvalue weighted by Crippen LogP contribution is 2.32. The first-order chi connectivity index (χ1) is 8.69. The number of rotatable bonds is 5. The zero-order valence-electron chi connectivity index (χ0n) is 12.3. The Hall–Kier alpha value is -0.120. The third-order valence-electron chi connectivity index (χ3n) is 4.50. The van der Waals surface area contributed by atoms with Crippen molar-refractivity contribution in [1.29, 1.82) is 0 Å². The van der Waals surface area contributed by atoms with Gasteiger partial charge in [-0.05, 0) is 37.5 Å². The first-order valence-electron chi connectivity index (χ1n) is 7.74. The highest BCUT2D eigenvalue weighted by Gasteiger charge is 2.32. The fraction of sp³-hybridized carbons (Fsp3) is 1.00. The van der Waals surface area contributed by atoms with Gasteiger partial charge in [-0.25, -0.2) is 0 Å². The lowest BCUT2D eigenvalue weighted by atomic mass is 9.78. The summed E-state index contributed by atoms with van der Waals surface area (Å²) in [6.07, 6.45) is 8.44. The molecule has 2 fully saturated rings. The second-order valence-electron chi connectivity index (χ2n) is 6.52. The van der Waals surface area contributed by atoms with Crippen molar-refractivity contribution in [3.63, 3.8) is 0 Å². The number of fused-ring (bicyclic) bond motifs is 1. The van der Waals surface area contributed by atoms with E-state index in [1.165, 1.54) is 38.5 Å². The van der Waals surface area contributed by atoms with Gasteiger partial charge >= 0.3 is 0 Å². The number of hydrogen-bond donors (Lipinski definition) is 1. The van der Waals surface area contributed by atoms with Crippen LogP contribution in [0.25, 0.3) is 0 Å². The molecule has 0 radical (unpaired) electrons. The molecule has 3 unspecified atom stereocenters. The van der Waals surface area contributed by atoms with E-state index < -0.39 is 0 Å². The molecule has 2 rings (SSSR count). The SMILES string of the molecule is CON(CC(C)C)CC1CCC2CCCCC2N1. The van der Waals surface area contributed by atoms with E-state index in [4.69, 9.17) is 4.84 Å². The van der Waals surface area contributed by atoms with Crippen LogP contribution in [0.2, 0.25) is 0 Å². The maximum Gasteiger partial charge on any atom is 0.0575 e. The van der Waals surface area contributed by atoms with Gasteiger partial charge in [0.1, 0.15) is 0 Å². The molecule has 18 heavy (non-hydrogen) atoms. The maximum absolute atomic E-state index is 5.49. The largest absolute Gasteiger partial charge is 0.310 e. The Morgan fingerprint density at radius 1 is 1.17 bits per heavy atom. The molecule has 0 aromatic carbocycles. The summed E-state index contributed by atoms with van der Waals surface area (Å²) < 4.78 is 0. The van der Waals surface area contributed by atoms with Crippen molar-refractivity contribution >= 4 is 0 Å². The number of piperidine rings is 1. The summed E-state index contributed by atoms with van der Waals surface area (Å²) in [4.78, 5) is 5.49. The molecule has 1 heterocycles. The van der Waals surface area contributed by atoms with Crippen LogP contribution in [-0.4, -0.2) is 37.3 Å². The van der Waals surface area contributed by atoms with Gasteiger partial charge in [0.15, 0.2) is 0 Å². The van der Waals surface area contributed by atoms with Gasteiger partial charge in [0, 0.05) is 25.2 Å². The van der Waals surface area contributed by atoms with Crippen LogP contribution in [0.5, 0.6) is 0 Å². The number of nitrogens with zero attached hydrogens (tertiary/aromatic N) is 1. The maximum atomic E-state index is 5.49. The van der Waals surface area contributed by atoms with Crippen molar-refractivity contribution in [2.75, 3.05) is 20.2 Å². The van der Waals surface area contributed by atoms with E-state index >= 15 is 0 Å². The van der Waals surface area contributed by atoms with Crippen LogP contribution in [0.15, 0.2) is 0 Å². The zero-order valence-corrected chi connectivity index (χ0v) is 12.3. The second kappa shape index (κ2) is 6.88. The summed E-state index contributed by atoms with van der Waals surface area (Å²) in [6, 6.07) is 1.42. The molecule has 0 amide bonds. The molecule has 1 N–H and O–H groups in total. The van der Waals surface area contributed by atoms with Crippen molar-refractivity contribution in [3.05, 3.63) is 0 Å². The van der Waals surface area contributed by atoms with Gasteiger partial charge < -0.3 is 10.2 Å². The predicted octanol–water partition coefficient (Wildman–Crippen LogP) is 2.82. The van der Waals surface area contributed by atoms with Gasteiger partial charge in [0.25, 0.3) is 0 Å². The highest BCUT2D eigenvalue weighted by atomic mass is 16.7. The molecule has 0 aromatic heterocycles. The lowest BCUT2D eigenvalue weighted by Gasteiger charge is -2.41. The summed E-state index contributed by atoms with van der Waals surface area (Å²) in [7, 11) is 1.80. The molecule has 1 aliphatic heterocycles. The van der Waals surface area contributed by atoms with Gasteiger partial charge in [-0.3, -0.25) is 0 Å². The molecule has 3 atom stereocenters. The average molecular weight is 254 g/mol. The Morgan fingerprint density at radius 3 is 2.67 bits per heavy atom. The van der Waals surface area contributed by atoms with E-state index in [0.29, 0.717) is 12.0 Å². The van der Waals surface area contributed by atoms with Crippen LogP contribution in [0.1, 0.15) is 52.4 Å². The Kier molecular flexibility index (Phi) is 5.46. The minimum absolute atomic E-state index is 0.628. The molecule has 3 nitrogen and oxygen atoms in total. The fourth-order valence-corrected chi connectivity index (χ4v) is 3.59. The van der Waals surface area contributed by atoms with Crippen LogP contribution in [0.3, 0.4) is 0 Å². The number of hydrogen-bond acceptors (Lipinski definition) is 3. The van der Waals surface area contributed by atoms with Gasteiger partial charge in [-0.2, -0.15) is 5.06 Å². The Bertz CT molecular complexity index is 245. The van der Waals surface area contributed by atoms with Crippen LogP contribution in [0, 0.1) is 11.8 Å². The number of nitrogens with one attached hydrogen (secondary N) is 1.